The van der Waals surface area contributed by atoms with Gasteiger partial charge in [-0.3, -0.25) is 0 Å². The maximum Gasteiger partial charge on any atom is 0.211 e. The molecule has 0 radical (unpaired) electrons. The van der Waals surface area contributed by atoms with E-state index < -0.39 is 10.0 Å². The summed E-state index contributed by atoms with van der Waals surface area (Å²) in [7, 11) is -3.12. The van der Waals surface area contributed by atoms with Crippen LogP contribution in [0, 0.1) is 9.62 Å². The molecule has 3 heterocycles. The first kappa shape index (κ1) is 14.9. The van der Waals surface area contributed by atoms with Gasteiger partial charge in [0.15, 0.2) is 5.65 Å². The number of hydrogen-bond donors (Lipinski definition) is 1. The molecule has 2 aromatic rings. The lowest BCUT2D eigenvalue weighted by molar-refractivity contribution is 0.419. The predicted octanol–water partition coefficient (Wildman–Crippen LogP) is 0.295. The van der Waals surface area contributed by atoms with E-state index in [1.807, 2.05) is 0 Å². The predicted molar refractivity (Wildman–Crippen MR) is 87.0 cm³/mol. The van der Waals surface area contributed by atoms with Gasteiger partial charge in [0.2, 0.25) is 10.0 Å². The maximum absolute atomic E-state index is 11.6. The minimum absolute atomic E-state index is 0.231. The Morgan fingerprint density at radius 3 is 2.90 bits per heavy atom. The Bertz CT molecular complexity index is 789. The Balaban J connectivity index is 1.86. The van der Waals surface area contributed by atoms with Gasteiger partial charge in [0.25, 0.3) is 0 Å². The second-order valence-corrected chi connectivity index (χ2v) is 8.21. The molecule has 3 rings (SSSR count). The Hall–Kier alpha value is -1.01. The van der Waals surface area contributed by atoms with Crippen LogP contribution in [0.3, 0.4) is 0 Å². The van der Waals surface area contributed by atoms with Crippen LogP contribution >= 0.6 is 22.6 Å². The number of nitrogens with zero attached hydrogens (tertiary/aromatic N) is 5. The van der Waals surface area contributed by atoms with Crippen LogP contribution in [-0.4, -0.2) is 51.8 Å². The highest BCUT2D eigenvalue weighted by Gasteiger charge is 2.29. The zero-order valence-electron chi connectivity index (χ0n) is 11.4. The largest absolute Gasteiger partial charge is 0.383 e. The van der Waals surface area contributed by atoms with Gasteiger partial charge < -0.3 is 5.73 Å². The van der Waals surface area contributed by atoms with Crippen LogP contribution in [0.5, 0.6) is 0 Å². The summed E-state index contributed by atoms with van der Waals surface area (Å²) in [5.74, 6) is 0.648. The molecule has 0 spiro atoms. The van der Waals surface area contributed by atoms with Gasteiger partial charge in [-0.15, -0.1) is 0 Å². The van der Waals surface area contributed by atoms with E-state index in [1.54, 1.807) is 4.68 Å². The molecule has 1 aliphatic heterocycles. The van der Waals surface area contributed by atoms with Crippen molar-refractivity contribution in [2.24, 2.45) is 5.92 Å². The van der Waals surface area contributed by atoms with Crippen LogP contribution in [0.2, 0.25) is 0 Å². The van der Waals surface area contributed by atoms with Crippen molar-refractivity contribution in [2.45, 2.75) is 13.0 Å². The van der Waals surface area contributed by atoms with E-state index in [-0.39, 0.29) is 5.92 Å². The van der Waals surface area contributed by atoms with Crippen LogP contribution in [0.25, 0.3) is 11.0 Å². The number of aromatic nitrogens is 4. The zero-order chi connectivity index (χ0) is 15.2. The van der Waals surface area contributed by atoms with Crippen LogP contribution in [0.4, 0.5) is 5.82 Å². The fourth-order valence-corrected chi connectivity index (χ4v) is 4.30. The smallest absolute Gasteiger partial charge is 0.211 e. The second kappa shape index (κ2) is 5.32. The third kappa shape index (κ3) is 2.83. The van der Waals surface area contributed by atoms with Gasteiger partial charge in [0, 0.05) is 19.6 Å². The number of nitrogen functional groups attached to an aromatic ring is 1. The first-order chi connectivity index (χ1) is 9.86. The van der Waals surface area contributed by atoms with Gasteiger partial charge in [-0.25, -0.2) is 27.4 Å². The summed E-state index contributed by atoms with van der Waals surface area (Å²) < 4.78 is 27.2. The summed E-state index contributed by atoms with van der Waals surface area (Å²) in [4.78, 5) is 8.22. The van der Waals surface area contributed by atoms with Crippen molar-refractivity contribution in [2.75, 3.05) is 25.1 Å². The fourth-order valence-electron chi connectivity index (χ4n) is 2.61. The van der Waals surface area contributed by atoms with E-state index in [9.17, 15) is 8.42 Å². The van der Waals surface area contributed by atoms with Crippen molar-refractivity contribution in [1.29, 1.82) is 0 Å². The molecule has 10 heteroatoms. The lowest BCUT2D eigenvalue weighted by Gasteiger charge is -2.13. The number of hydrogen-bond acceptors (Lipinski definition) is 6. The number of sulfonamides is 1. The highest BCUT2D eigenvalue weighted by atomic mass is 127. The van der Waals surface area contributed by atoms with Crippen molar-refractivity contribution in [1.82, 2.24) is 24.1 Å². The number of rotatable bonds is 3. The highest BCUT2D eigenvalue weighted by Crippen LogP contribution is 2.25. The lowest BCUT2D eigenvalue weighted by atomic mass is 10.1. The second-order valence-electron chi connectivity index (χ2n) is 5.21. The molecule has 0 aliphatic carbocycles. The maximum atomic E-state index is 11.6. The molecule has 1 unspecified atom stereocenters. The molecule has 0 aromatic carbocycles. The van der Waals surface area contributed by atoms with Crippen molar-refractivity contribution < 1.29 is 8.42 Å². The van der Waals surface area contributed by atoms with E-state index in [1.165, 1.54) is 16.9 Å². The van der Waals surface area contributed by atoms with Gasteiger partial charge in [0.1, 0.15) is 15.8 Å². The molecule has 1 fully saturated rings. The zero-order valence-corrected chi connectivity index (χ0v) is 14.4. The number of halogens is 1. The first-order valence-corrected chi connectivity index (χ1v) is 9.36. The standard InChI is InChI=1S/C11H15IN6O2S/c1-21(19,20)17-3-2-7(4-17)5-18-11-8(9(12)16-18)10(13)14-6-15-11/h6-7H,2-5H2,1H3,(H2,13,14,15). The summed E-state index contributed by atoms with van der Waals surface area (Å²) in [6.45, 7) is 1.72. The average Bonchev–Trinajstić information content (AvgIpc) is 2.96. The van der Waals surface area contributed by atoms with Gasteiger partial charge in [-0.05, 0) is 34.9 Å². The van der Waals surface area contributed by atoms with E-state index in [2.05, 4.69) is 37.7 Å². The minimum atomic E-state index is -3.12. The number of anilines is 1. The summed E-state index contributed by atoms with van der Waals surface area (Å²) in [6, 6.07) is 0. The first-order valence-electron chi connectivity index (χ1n) is 6.44. The van der Waals surface area contributed by atoms with Gasteiger partial charge in [0.05, 0.1) is 11.6 Å². The SMILES string of the molecule is CS(=O)(=O)N1CCC(Cn2nc(I)c3c(N)ncnc32)C1. The Labute approximate surface area is 135 Å². The van der Waals surface area contributed by atoms with Crippen molar-refractivity contribution in [3.05, 3.63) is 10.0 Å². The molecule has 2 N–H and O–H groups in total. The van der Waals surface area contributed by atoms with Crippen LogP contribution in [-0.2, 0) is 16.6 Å². The van der Waals surface area contributed by atoms with E-state index in [0.29, 0.717) is 31.1 Å². The van der Waals surface area contributed by atoms with Crippen molar-refractivity contribution in [3.63, 3.8) is 0 Å². The van der Waals surface area contributed by atoms with Gasteiger partial charge >= 0.3 is 0 Å². The van der Waals surface area contributed by atoms with Gasteiger partial charge in [-0.1, -0.05) is 0 Å². The molecule has 21 heavy (non-hydrogen) atoms. The summed E-state index contributed by atoms with van der Waals surface area (Å²) in [5, 5.41) is 5.21. The quantitative estimate of drug-likeness (QED) is 0.713. The van der Waals surface area contributed by atoms with Crippen molar-refractivity contribution in [3.8, 4) is 0 Å². The van der Waals surface area contributed by atoms with Crippen LogP contribution in [0.1, 0.15) is 6.42 Å². The molecule has 2 aromatic heterocycles. The molecular weight excluding hydrogens is 407 g/mol. The Morgan fingerprint density at radius 2 is 2.24 bits per heavy atom. The normalized spacial score (nSPS) is 20.4. The fraction of sp³-hybridized carbons (Fsp3) is 0.545. The molecule has 1 aliphatic rings. The van der Waals surface area contributed by atoms with Crippen LogP contribution in [0.15, 0.2) is 6.33 Å². The number of fused-ring (bicyclic) bond motifs is 1. The molecule has 0 amide bonds. The van der Waals surface area contributed by atoms with Crippen LogP contribution < -0.4 is 5.73 Å². The summed E-state index contributed by atoms with van der Waals surface area (Å²) in [6.07, 6.45) is 3.49. The third-order valence-electron chi connectivity index (χ3n) is 3.66. The average molecular weight is 422 g/mol. The number of nitrogens with two attached hydrogens (primary N) is 1. The minimum Gasteiger partial charge on any atom is -0.383 e. The molecule has 0 saturated carbocycles. The van der Waals surface area contributed by atoms with E-state index in [0.717, 1.165) is 15.5 Å². The van der Waals surface area contributed by atoms with Crippen molar-refractivity contribution >= 4 is 49.5 Å². The monoisotopic (exact) mass is 422 g/mol. The topological polar surface area (TPSA) is 107 Å². The molecule has 8 nitrogen and oxygen atoms in total. The summed E-state index contributed by atoms with van der Waals surface area (Å²) >= 11 is 2.11. The third-order valence-corrected chi connectivity index (χ3v) is 5.69. The molecule has 1 atom stereocenters. The summed E-state index contributed by atoms with van der Waals surface area (Å²) in [5.41, 5.74) is 6.56. The molecule has 114 valence electrons. The van der Waals surface area contributed by atoms with Gasteiger partial charge in [-0.2, -0.15) is 5.10 Å². The lowest BCUT2D eigenvalue weighted by Crippen LogP contribution is -2.28. The van der Waals surface area contributed by atoms with E-state index in [4.69, 9.17) is 5.73 Å². The highest BCUT2D eigenvalue weighted by molar-refractivity contribution is 14.1. The Morgan fingerprint density at radius 1 is 1.48 bits per heavy atom. The van der Waals surface area contributed by atoms with E-state index >= 15 is 0 Å². The molecule has 1 saturated heterocycles. The molecular formula is C11H15IN6O2S. The molecule has 0 bridgehead atoms. The Kier molecular flexibility index (Phi) is 3.78.